The van der Waals surface area contributed by atoms with Crippen LogP contribution in [0.15, 0.2) is 6.07 Å². The van der Waals surface area contributed by atoms with Crippen LogP contribution in [-0.4, -0.2) is 36.7 Å². The van der Waals surface area contributed by atoms with Gasteiger partial charge in [-0.25, -0.2) is 9.97 Å². The molecular formula is C16H30N4O. The minimum Gasteiger partial charge on any atom is -0.374 e. The Morgan fingerprint density at radius 3 is 2.29 bits per heavy atom. The molecule has 0 fully saturated rings. The van der Waals surface area contributed by atoms with Gasteiger partial charge in [0.25, 0.3) is 0 Å². The minimum atomic E-state index is 0.467. The molecular weight excluding hydrogens is 264 g/mol. The lowest BCUT2D eigenvalue weighted by Crippen LogP contribution is -2.27. The number of rotatable bonds is 11. The van der Waals surface area contributed by atoms with E-state index in [4.69, 9.17) is 4.74 Å². The Kier molecular flexibility index (Phi) is 8.74. The van der Waals surface area contributed by atoms with Crippen LogP contribution in [0.1, 0.15) is 52.3 Å². The Balaban J connectivity index is 2.91. The molecule has 1 aromatic rings. The summed E-state index contributed by atoms with van der Waals surface area (Å²) in [5.41, 5.74) is 0. The molecule has 0 amide bonds. The van der Waals surface area contributed by atoms with Crippen LogP contribution in [0.5, 0.6) is 0 Å². The number of aromatic nitrogens is 2. The average Bonchev–Trinajstić information content (AvgIpc) is 2.52. The molecule has 21 heavy (non-hydrogen) atoms. The number of ether oxygens (including phenoxy) is 1. The second kappa shape index (κ2) is 10.4. The summed E-state index contributed by atoms with van der Waals surface area (Å²) in [5.74, 6) is 2.61. The summed E-state index contributed by atoms with van der Waals surface area (Å²) in [6.07, 6.45) is 4.75. The van der Waals surface area contributed by atoms with Crippen molar-refractivity contribution in [2.45, 2.75) is 53.1 Å². The first-order valence-electron chi connectivity index (χ1n) is 8.13. The van der Waals surface area contributed by atoms with Gasteiger partial charge in [0.15, 0.2) is 5.82 Å². The van der Waals surface area contributed by atoms with Gasteiger partial charge in [-0.15, -0.1) is 0 Å². The predicted octanol–water partition coefficient (Wildman–Crippen LogP) is 3.46. The Labute approximate surface area is 129 Å². The monoisotopic (exact) mass is 294 g/mol. The zero-order chi connectivity index (χ0) is 15.5. The molecule has 0 unspecified atom stereocenters. The number of anilines is 2. The van der Waals surface area contributed by atoms with E-state index in [1.54, 1.807) is 0 Å². The molecule has 0 saturated heterocycles. The highest BCUT2D eigenvalue weighted by molar-refractivity contribution is 5.49. The molecule has 5 heteroatoms. The van der Waals surface area contributed by atoms with Gasteiger partial charge in [0, 0.05) is 32.8 Å². The summed E-state index contributed by atoms with van der Waals surface area (Å²) in [5, 5.41) is 3.12. The first-order chi connectivity index (χ1) is 10.2. The molecule has 0 saturated carbocycles. The number of hydrogen-bond donors (Lipinski definition) is 1. The molecule has 0 aromatic carbocycles. The smallest absolute Gasteiger partial charge is 0.158 e. The molecule has 1 heterocycles. The molecule has 0 aliphatic rings. The summed E-state index contributed by atoms with van der Waals surface area (Å²) < 4.78 is 5.44. The van der Waals surface area contributed by atoms with E-state index in [0.717, 1.165) is 30.5 Å². The maximum atomic E-state index is 5.44. The van der Waals surface area contributed by atoms with E-state index in [9.17, 15) is 0 Å². The van der Waals surface area contributed by atoms with Gasteiger partial charge in [-0.3, -0.25) is 0 Å². The quantitative estimate of drug-likeness (QED) is 0.677. The molecule has 5 nitrogen and oxygen atoms in total. The van der Waals surface area contributed by atoms with E-state index in [0.29, 0.717) is 13.2 Å². The lowest BCUT2D eigenvalue weighted by molar-refractivity contribution is 0.128. The average molecular weight is 294 g/mol. The largest absolute Gasteiger partial charge is 0.374 e. The van der Waals surface area contributed by atoms with Crippen molar-refractivity contribution in [3.63, 3.8) is 0 Å². The Bertz CT molecular complexity index is 390. The van der Waals surface area contributed by atoms with E-state index in [1.807, 2.05) is 20.0 Å². The van der Waals surface area contributed by atoms with Crippen molar-refractivity contribution >= 4 is 11.6 Å². The molecule has 0 aliphatic heterocycles. The van der Waals surface area contributed by atoms with Gasteiger partial charge in [0.2, 0.25) is 0 Å². The van der Waals surface area contributed by atoms with Crippen LogP contribution in [0, 0.1) is 0 Å². The summed E-state index contributed by atoms with van der Waals surface area (Å²) in [6.45, 7) is 9.66. The lowest BCUT2D eigenvalue weighted by Gasteiger charge is -2.24. The van der Waals surface area contributed by atoms with E-state index in [2.05, 4.69) is 34.0 Å². The van der Waals surface area contributed by atoms with Gasteiger partial charge < -0.3 is 15.0 Å². The molecule has 0 aliphatic carbocycles. The van der Waals surface area contributed by atoms with E-state index in [1.165, 1.54) is 25.7 Å². The molecule has 120 valence electrons. The predicted molar refractivity (Wildman–Crippen MR) is 88.9 cm³/mol. The molecule has 0 atom stereocenters. The van der Waals surface area contributed by atoms with E-state index in [-0.39, 0.29) is 0 Å². The van der Waals surface area contributed by atoms with Gasteiger partial charge in [-0.1, -0.05) is 26.7 Å². The van der Waals surface area contributed by atoms with Crippen molar-refractivity contribution < 1.29 is 4.74 Å². The fraction of sp³-hybridized carbons (Fsp3) is 0.750. The van der Waals surface area contributed by atoms with E-state index < -0.39 is 0 Å². The van der Waals surface area contributed by atoms with Crippen LogP contribution in [0.25, 0.3) is 0 Å². The zero-order valence-electron chi connectivity index (χ0n) is 14.0. The van der Waals surface area contributed by atoms with Crippen LogP contribution in [0.3, 0.4) is 0 Å². The number of nitrogens with zero attached hydrogens (tertiary/aromatic N) is 3. The van der Waals surface area contributed by atoms with Crippen LogP contribution in [-0.2, 0) is 11.3 Å². The number of hydrogen-bond acceptors (Lipinski definition) is 5. The van der Waals surface area contributed by atoms with Crippen LogP contribution >= 0.6 is 0 Å². The summed E-state index contributed by atoms with van der Waals surface area (Å²) in [6, 6.07) is 2.03. The Hall–Kier alpha value is -1.36. The SMILES string of the molecule is CCCCN(CCCC)c1cc(NC)nc(COCC)n1. The van der Waals surface area contributed by atoms with Crippen LogP contribution in [0.2, 0.25) is 0 Å². The van der Waals surface area contributed by atoms with Crippen LogP contribution in [0.4, 0.5) is 11.6 Å². The van der Waals surface area contributed by atoms with Gasteiger partial charge in [-0.05, 0) is 19.8 Å². The van der Waals surface area contributed by atoms with Gasteiger partial charge in [0.05, 0.1) is 0 Å². The Morgan fingerprint density at radius 2 is 1.76 bits per heavy atom. The first-order valence-corrected chi connectivity index (χ1v) is 8.13. The highest BCUT2D eigenvalue weighted by Gasteiger charge is 2.11. The second-order valence-electron chi connectivity index (χ2n) is 5.11. The van der Waals surface area contributed by atoms with Crippen molar-refractivity contribution in [1.82, 2.24) is 9.97 Å². The number of unbranched alkanes of at least 4 members (excludes halogenated alkanes) is 2. The minimum absolute atomic E-state index is 0.467. The second-order valence-corrected chi connectivity index (χ2v) is 5.11. The molecule has 1 rings (SSSR count). The van der Waals surface area contributed by atoms with Crippen molar-refractivity contribution in [3.05, 3.63) is 11.9 Å². The summed E-state index contributed by atoms with van der Waals surface area (Å²) in [7, 11) is 1.89. The van der Waals surface area contributed by atoms with Crippen molar-refractivity contribution in [1.29, 1.82) is 0 Å². The van der Waals surface area contributed by atoms with Gasteiger partial charge >= 0.3 is 0 Å². The van der Waals surface area contributed by atoms with E-state index >= 15 is 0 Å². The topological polar surface area (TPSA) is 50.3 Å². The molecule has 1 N–H and O–H groups in total. The third-order valence-electron chi connectivity index (χ3n) is 3.34. The fourth-order valence-electron chi connectivity index (χ4n) is 2.07. The number of nitrogens with one attached hydrogen (secondary N) is 1. The lowest BCUT2D eigenvalue weighted by atomic mass is 10.2. The summed E-state index contributed by atoms with van der Waals surface area (Å²) in [4.78, 5) is 11.5. The molecule has 0 radical (unpaired) electrons. The first kappa shape index (κ1) is 17.7. The third kappa shape index (κ3) is 6.29. The Morgan fingerprint density at radius 1 is 1.10 bits per heavy atom. The summed E-state index contributed by atoms with van der Waals surface area (Å²) >= 11 is 0. The molecule has 0 bridgehead atoms. The molecule has 1 aromatic heterocycles. The normalized spacial score (nSPS) is 10.7. The maximum Gasteiger partial charge on any atom is 0.158 e. The highest BCUT2D eigenvalue weighted by Crippen LogP contribution is 2.18. The standard InChI is InChI=1S/C16H30N4O/c1-5-8-10-20(11-9-6-2)16-12-14(17-4)18-15(19-16)13-21-7-3/h12H,5-11,13H2,1-4H3,(H,17,18,19). The van der Waals surface area contributed by atoms with Gasteiger partial charge in [0.1, 0.15) is 18.2 Å². The maximum absolute atomic E-state index is 5.44. The molecule has 0 spiro atoms. The zero-order valence-corrected chi connectivity index (χ0v) is 14.0. The van der Waals surface area contributed by atoms with Crippen molar-refractivity contribution in [3.8, 4) is 0 Å². The third-order valence-corrected chi connectivity index (χ3v) is 3.34. The van der Waals surface area contributed by atoms with Crippen molar-refractivity contribution in [2.24, 2.45) is 0 Å². The fourth-order valence-corrected chi connectivity index (χ4v) is 2.07. The van der Waals surface area contributed by atoms with Crippen molar-refractivity contribution in [2.75, 3.05) is 37.0 Å². The van der Waals surface area contributed by atoms with Crippen LogP contribution < -0.4 is 10.2 Å². The van der Waals surface area contributed by atoms with Gasteiger partial charge in [-0.2, -0.15) is 0 Å². The highest BCUT2D eigenvalue weighted by atomic mass is 16.5.